The summed E-state index contributed by atoms with van der Waals surface area (Å²) in [5.41, 5.74) is 1.97. The standard InChI is InChI=1S/C22H17BrN2O4S/c1-3-8-25-21(26)19(30-22(25)27)11-14-9-17(23)20(18(10-14)28-2)29-13-16-7-5-4-6-15(16)12-24/h3-7,9-11H,1,8,13H2,2H3. The molecule has 6 nitrogen and oxygen atoms in total. The van der Waals surface area contributed by atoms with E-state index in [2.05, 4.69) is 28.6 Å². The van der Waals surface area contributed by atoms with Gasteiger partial charge in [0.25, 0.3) is 11.1 Å². The molecular formula is C22H17BrN2O4S. The molecule has 1 saturated heterocycles. The molecule has 3 rings (SSSR count). The van der Waals surface area contributed by atoms with Crippen LogP contribution in [0.1, 0.15) is 16.7 Å². The van der Waals surface area contributed by atoms with Gasteiger partial charge in [-0.2, -0.15) is 5.26 Å². The quantitative estimate of drug-likeness (QED) is 0.400. The maximum Gasteiger partial charge on any atom is 0.293 e. The zero-order chi connectivity index (χ0) is 21.7. The highest BCUT2D eigenvalue weighted by Gasteiger charge is 2.34. The first-order chi connectivity index (χ1) is 14.5. The fourth-order valence-corrected chi connectivity index (χ4v) is 4.23. The van der Waals surface area contributed by atoms with Crippen molar-refractivity contribution in [3.8, 4) is 17.6 Å². The summed E-state index contributed by atoms with van der Waals surface area (Å²) in [6.45, 7) is 3.93. The molecule has 152 valence electrons. The highest BCUT2D eigenvalue weighted by Crippen LogP contribution is 2.39. The van der Waals surface area contributed by atoms with Gasteiger partial charge in [-0.3, -0.25) is 14.5 Å². The first-order valence-electron chi connectivity index (χ1n) is 8.83. The SMILES string of the molecule is C=CCN1C(=O)SC(=Cc2cc(Br)c(OCc3ccccc3C#N)c(OC)c2)C1=O. The minimum Gasteiger partial charge on any atom is -0.493 e. The van der Waals surface area contributed by atoms with Crippen LogP contribution in [-0.2, 0) is 11.4 Å². The third kappa shape index (κ3) is 4.58. The van der Waals surface area contributed by atoms with Crippen molar-refractivity contribution in [1.82, 2.24) is 4.90 Å². The third-order valence-corrected chi connectivity index (χ3v) is 5.74. The van der Waals surface area contributed by atoms with Crippen LogP contribution in [0, 0.1) is 11.3 Å². The van der Waals surface area contributed by atoms with E-state index < -0.39 is 0 Å². The number of carbonyl (C=O) groups is 2. The number of thioether (sulfide) groups is 1. The van der Waals surface area contributed by atoms with E-state index in [0.29, 0.717) is 32.0 Å². The molecule has 2 aromatic rings. The highest BCUT2D eigenvalue weighted by atomic mass is 79.9. The highest BCUT2D eigenvalue weighted by molar-refractivity contribution is 9.10. The van der Waals surface area contributed by atoms with Crippen molar-refractivity contribution >= 4 is 44.9 Å². The molecule has 0 bridgehead atoms. The molecule has 2 amide bonds. The monoisotopic (exact) mass is 484 g/mol. The van der Waals surface area contributed by atoms with Crippen LogP contribution in [0.15, 0.2) is 58.4 Å². The predicted molar refractivity (Wildman–Crippen MR) is 119 cm³/mol. The lowest BCUT2D eigenvalue weighted by Gasteiger charge is -2.14. The van der Waals surface area contributed by atoms with E-state index in [9.17, 15) is 14.9 Å². The van der Waals surface area contributed by atoms with Crippen LogP contribution in [0.3, 0.4) is 0 Å². The Hall–Kier alpha value is -3.02. The summed E-state index contributed by atoms with van der Waals surface area (Å²) in [5, 5.41) is 8.90. The van der Waals surface area contributed by atoms with E-state index >= 15 is 0 Å². The summed E-state index contributed by atoms with van der Waals surface area (Å²) in [4.78, 5) is 25.9. The number of amides is 2. The fraction of sp³-hybridized carbons (Fsp3) is 0.136. The molecule has 0 saturated carbocycles. The first-order valence-corrected chi connectivity index (χ1v) is 10.4. The van der Waals surface area contributed by atoms with Gasteiger partial charge >= 0.3 is 0 Å². The Labute approximate surface area is 186 Å². The van der Waals surface area contributed by atoms with Crippen molar-refractivity contribution in [1.29, 1.82) is 5.26 Å². The zero-order valence-corrected chi connectivity index (χ0v) is 18.5. The number of halogens is 1. The molecule has 30 heavy (non-hydrogen) atoms. The first kappa shape index (κ1) is 21.7. The summed E-state index contributed by atoms with van der Waals surface area (Å²) < 4.78 is 12.0. The van der Waals surface area contributed by atoms with Gasteiger partial charge in [0.05, 0.1) is 28.1 Å². The maximum absolute atomic E-state index is 12.4. The van der Waals surface area contributed by atoms with Crippen LogP contribution < -0.4 is 9.47 Å². The molecule has 1 aliphatic rings. The molecule has 0 atom stereocenters. The lowest BCUT2D eigenvalue weighted by Crippen LogP contribution is -2.27. The largest absolute Gasteiger partial charge is 0.493 e. The van der Waals surface area contributed by atoms with E-state index in [1.807, 2.05) is 12.1 Å². The minimum absolute atomic E-state index is 0.173. The number of carbonyl (C=O) groups excluding carboxylic acids is 2. The summed E-state index contributed by atoms with van der Waals surface area (Å²) in [5.74, 6) is 0.575. The van der Waals surface area contributed by atoms with Gasteiger partial charge < -0.3 is 9.47 Å². The Balaban J connectivity index is 1.86. The normalized spacial score (nSPS) is 14.7. The lowest BCUT2D eigenvalue weighted by molar-refractivity contribution is -0.122. The number of methoxy groups -OCH3 is 1. The molecular weight excluding hydrogens is 468 g/mol. The fourth-order valence-electron chi connectivity index (χ4n) is 2.81. The van der Waals surface area contributed by atoms with Gasteiger partial charge in [-0.25, -0.2) is 0 Å². The number of hydrogen-bond acceptors (Lipinski definition) is 6. The molecule has 1 fully saturated rings. The lowest BCUT2D eigenvalue weighted by atomic mass is 10.1. The average Bonchev–Trinajstić information content (AvgIpc) is 3.00. The van der Waals surface area contributed by atoms with E-state index in [1.165, 1.54) is 13.2 Å². The summed E-state index contributed by atoms with van der Waals surface area (Å²) >= 11 is 4.36. The molecule has 1 heterocycles. The van der Waals surface area contributed by atoms with Crippen molar-refractivity contribution < 1.29 is 19.1 Å². The molecule has 0 aliphatic carbocycles. The third-order valence-electron chi connectivity index (χ3n) is 4.24. The average molecular weight is 485 g/mol. The van der Waals surface area contributed by atoms with E-state index in [0.717, 1.165) is 22.2 Å². The molecule has 0 spiro atoms. The Morgan fingerprint density at radius 2 is 2.07 bits per heavy atom. The van der Waals surface area contributed by atoms with Gasteiger partial charge in [-0.1, -0.05) is 24.3 Å². The van der Waals surface area contributed by atoms with Gasteiger partial charge in [0.1, 0.15) is 6.61 Å². The van der Waals surface area contributed by atoms with Crippen molar-refractivity contribution in [3.05, 3.63) is 75.1 Å². The van der Waals surface area contributed by atoms with Crippen LogP contribution >= 0.6 is 27.7 Å². The Kier molecular flexibility index (Phi) is 6.98. The topological polar surface area (TPSA) is 79.6 Å². The second-order valence-corrected chi connectivity index (χ2v) is 8.02. The summed E-state index contributed by atoms with van der Waals surface area (Å²) in [6, 6.07) is 12.8. The zero-order valence-electron chi connectivity index (χ0n) is 16.1. The van der Waals surface area contributed by atoms with Crippen LogP contribution in [0.2, 0.25) is 0 Å². The molecule has 2 aromatic carbocycles. The van der Waals surface area contributed by atoms with Crippen molar-refractivity contribution in [2.75, 3.05) is 13.7 Å². The van der Waals surface area contributed by atoms with Gasteiger partial charge in [0, 0.05) is 12.1 Å². The van der Waals surface area contributed by atoms with Gasteiger partial charge in [-0.15, -0.1) is 6.58 Å². The molecule has 0 radical (unpaired) electrons. The van der Waals surface area contributed by atoms with E-state index in [4.69, 9.17) is 9.47 Å². The number of nitrogens with zero attached hydrogens (tertiary/aromatic N) is 2. The van der Waals surface area contributed by atoms with E-state index in [1.54, 1.807) is 30.3 Å². The van der Waals surface area contributed by atoms with Crippen LogP contribution in [0.4, 0.5) is 4.79 Å². The molecule has 0 unspecified atom stereocenters. The summed E-state index contributed by atoms with van der Waals surface area (Å²) in [6.07, 6.45) is 3.14. The van der Waals surface area contributed by atoms with E-state index in [-0.39, 0.29) is 24.3 Å². The van der Waals surface area contributed by atoms with Crippen LogP contribution in [0.5, 0.6) is 11.5 Å². The van der Waals surface area contributed by atoms with Gasteiger partial charge in [0.2, 0.25) is 0 Å². The molecule has 1 aliphatic heterocycles. The Morgan fingerprint density at radius 1 is 1.30 bits per heavy atom. The number of rotatable bonds is 7. The molecule has 0 aromatic heterocycles. The summed E-state index contributed by atoms with van der Waals surface area (Å²) in [7, 11) is 1.51. The molecule has 8 heteroatoms. The molecule has 0 N–H and O–H groups in total. The number of hydrogen-bond donors (Lipinski definition) is 0. The maximum atomic E-state index is 12.4. The van der Waals surface area contributed by atoms with Gasteiger partial charge in [0.15, 0.2) is 11.5 Å². The second kappa shape index (κ2) is 9.65. The number of benzene rings is 2. The van der Waals surface area contributed by atoms with Gasteiger partial charge in [-0.05, 0) is 57.5 Å². The Bertz CT molecular complexity index is 1090. The second-order valence-electron chi connectivity index (χ2n) is 6.17. The number of imide groups is 1. The van der Waals surface area contributed by atoms with Crippen molar-refractivity contribution in [3.63, 3.8) is 0 Å². The van der Waals surface area contributed by atoms with Crippen LogP contribution in [-0.4, -0.2) is 29.7 Å². The van der Waals surface area contributed by atoms with Crippen LogP contribution in [0.25, 0.3) is 6.08 Å². The van der Waals surface area contributed by atoms with Crippen molar-refractivity contribution in [2.24, 2.45) is 0 Å². The number of ether oxygens (including phenoxy) is 2. The number of nitriles is 1. The Morgan fingerprint density at radius 3 is 2.77 bits per heavy atom. The smallest absolute Gasteiger partial charge is 0.293 e. The minimum atomic E-state index is -0.353. The predicted octanol–water partition coefficient (Wildman–Crippen LogP) is 5.13. The van der Waals surface area contributed by atoms with Crippen molar-refractivity contribution in [2.45, 2.75) is 6.61 Å².